The minimum atomic E-state index is -0.747. The Morgan fingerprint density at radius 1 is 1.00 bits per heavy atom. The molecule has 22 heavy (non-hydrogen) atoms. The predicted octanol–water partition coefficient (Wildman–Crippen LogP) is 3.24. The fourth-order valence-electron chi connectivity index (χ4n) is 1.74. The largest absolute Gasteiger partial charge is 0.504 e. The Labute approximate surface area is 130 Å². The molecule has 6 heteroatoms. The van der Waals surface area contributed by atoms with Gasteiger partial charge in [-0.05, 0) is 19.3 Å². The van der Waals surface area contributed by atoms with Crippen molar-refractivity contribution in [2.75, 3.05) is 19.8 Å². The van der Waals surface area contributed by atoms with Gasteiger partial charge in [0.05, 0.1) is 19.8 Å². The standard InChI is InChI=1S/C16H24O6/c1-4-7-20-12-10-11(17)14(18)13(15(12)21-8-5-2)16(19)22-9-6-3/h10,17-18H,4-9H2,1-3H3. The second kappa shape index (κ2) is 9.02. The van der Waals surface area contributed by atoms with Crippen molar-refractivity contribution in [2.24, 2.45) is 0 Å². The van der Waals surface area contributed by atoms with Gasteiger partial charge in [-0.3, -0.25) is 0 Å². The van der Waals surface area contributed by atoms with Crippen LogP contribution in [0.1, 0.15) is 50.4 Å². The van der Waals surface area contributed by atoms with E-state index in [4.69, 9.17) is 14.2 Å². The molecule has 6 nitrogen and oxygen atoms in total. The van der Waals surface area contributed by atoms with Gasteiger partial charge in [-0.2, -0.15) is 0 Å². The maximum Gasteiger partial charge on any atom is 0.346 e. The van der Waals surface area contributed by atoms with Gasteiger partial charge in [-0.25, -0.2) is 4.79 Å². The Morgan fingerprint density at radius 3 is 2.18 bits per heavy atom. The van der Waals surface area contributed by atoms with Crippen LogP contribution in [0, 0.1) is 0 Å². The van der Waals surface area contributed by atoms with Crippen LogP contribution in [0.5, 0.6) is 23.0 Å². The van der Waals surface area contributed by atoms with E-state index < -0.39 is 17.5 Å². The number of carbonyl (C=O) groups is 1. The summed E-state index contributed by atoms with van der Waals surface area (Å²) in [5.41, 5.74) is -0.201. The molecule has 0 atom stereocenters. The number of phenolic OH excluding ortho intramolecular Hbond substituents is 2. The van der Waals surface area contributed by atoms with E-state index in [0.29, 0.717) is 19.6 Å². The lowest BCUT2D eigenvalue weighted by Crippen LogP contribution is -2.11. The quantitative estimate of drug-likeness (QED) is 0.538. The lowest BCUT2D eigenvalue weighted by atomic mass is 10.1. The van der Waals surface area contributed by atoms with Crippen LogP contribution in [0.3, 0.4) is 0 Å². The van der Waals surface area contributed by atoms with E-state index in [-0.39, 0.29) is 23.7 Å². The lowest BCUT2D eigenvalue weighted by Gasteiger charge is -2.17. The maximum absolute atomic E-state index is 12.2. The van der Waals surface area contributed by atoms with E-state index in [9.17, 15) is 15.0 Å². The molecular formula is C16H24O6. The molecule has 0 aromatic heterocycles. The molecule has 2 N–H and O–H groups in total. The van der Waals surface area contributed by atoms with E-state index in [1.807, 2.05) is 20.8 Å². The highest BCUT2D eigenvalue weighted by atomic mass is 16.5. The summed E-state index contributed by atoms with van der Waals surface area (Å²) in [6.07, 6.45) is 2.12. The molecule has 0 heterocycles. The topological polar surface area (TPSA) is 85.2 Å². The molecule has 0 unspecified atom stereocenters. The molecule has 1 rings (SSSR count). The van der Waals surface area contributed by atoms with E-state index in [2.05, 4.69) is 0 Å². The van der Waals surface area contributed by atoms with Gasteiger partial charge in [0.15, 0.2) is 28.6 Å². The van der Waals surface area contributed by atoms with Crippen LogP contribution in [0.2, 0.25) is 0 Å². The summed E-state index contributed by atoms with van der Waals surface area (Å²) in [6, 6.07) is 1.24. The van der Waals surface area contributed by atoms with Crippen molar-refractivity contribution >= 4 is 5.97 Å². The summed E-state index contributed by atoms with van der Waals surface area (Å²) in [7, 11) is 0. The summed E-state index contributed by atoms with van der Waals surface area (Å²) in [6.45, 7) is 6.67. The van der Waals surface area contributed by atoms with Gasteiger partial charge in [0.2, 0.25) is 0 Å². The normalized spacial score (nSPS) is 10.3. The van der Waals surface area contributed by atoms with Gasteiger partial charge >= 0.3 is 5.97 Å². The van der Waals surface area contributed by atoms with Gasteiger partial charge in [0.25, 0.3) is 0 Å². The zero-order valence-electron chi connectivity index (χ0n) is 13.3. The SMILES string of the molecule is CCCOC(=O)c1c(O)c(O)cc(OCCC)c1OCCC. The number of aromatic hydroxyl groups is 2. The van der Waals surface area contributed by atoms with Gasteiger partial charge in [-0.15, -0.1) is 0 Å². The highest BCUT2D eigenvalue weighted by Gasteiger charge is 2.26. The fraction of sp³-hybridized carbons (Fsp3) is 0.562. The number of phenols is 2. The van der Waals surface area contributed by atoms with Crippen LogP contribution in [0.25, 0.3) is 0 Å². The van der Waals surface area contributed by atoms with Crippen molar-refractivity contribution in [1.29, 1.82) is 0 Å². The van der Waals surface area contributed by atoms with Gasteiger partial charge < -0.3 is 24.4 Å². The number of rotatable bonds is 9. The summed E-state index contributed by atoms with van der Waals surface area (Å²) < 4.78 is 16.1. The average Bonchev–Trinajstić information content (AvgIpc) is 2.51. The zero-order chi connectivity index (χ0) is 16.5. The number of carbonyl (C=O) groups excluding carboxylic acids is 1. The minimum Gasteiger partial charge on any atom is -0.504 e. The molecule has 1 aromatic carbocycles. The number of ether oxygens (including phenoxy) is 3. The molecule has 0 radical (unpaired) electrons. The smallest absolute Gasteiger partial charge is 0.346 e. The van der Waals surface area contributed by atoms with Crippen LogP contribution >= 0.6 is 0 Å². The second-order valence-corrected chi connectivity index (χ2v) is 4.78. The van der Waals surface area contributed by atoms with E-state index >= 15 is 0 Å². The van der Waals surface area contributed by atoms with E-state index in [1.165, 1.54) is 6.07 Å². The van der Waals surface area contributed by atoms with Crippen molar-refractivity contribution in [3.05, 3.63) is 11.6 Å². The Balaban J connectivity index is 3.27. The molecule has 0 amide bonds. The highest BCUT2D eigenvalue weighted by Crippen LogP contribution is 2.44. The molecule has 0 aliphatic heterocycles. The van der Waals surface area contributed by atoms with E-state index in [1.54, 1.807) is 0 Å². The van der Waals surface area contributed by atoms with Crippen LogP contribution in [0.15, 0.2) is 6.07 Å². The highest BCUT2D eigenvalue weighted by molar-refractivity contribution is 5.97. The third-order valence-corrected chi connectivity index (χ3v) is 2.75. The maximum atomic E-state index is 12.2. The van der Waals surface area contributed by atoms with Crippen LogP contribution in [-0.2, 0) is 4.74 Å². The predicted molar refractivity (Wildman–Crippen MR) is 81.9 cm³/mol. The first-order valence-corrected chi connectivity index (χ1v) is 7.58. The monoisotopic (exact) mass is 312 g/mol. The summed E-state index contributed by atoms with van der Waals surface area (Å²) >= 11 is 0. The molecule has 0 saturated heterocycles. The van der Waals surface area contributed by atoms with Crippen molar-refractivity contribution in [2.45, 2.75) is 40.0 Å². The van der Waals surface area contributed by atoms with Crippen LogP contribution in [0.4, 0.5) is 0 Å². The molecule has 0 spiro atoms. The van der Waals surface area contributed by atoms with Crippen LogP contribution < -0.4 is 9.47 Å². The number of hydrogen-bond donors (Lipinski definition) is 2. The molecule has 0 aliphatic carbocycles. The molecule has 0 fully saturated rings. The number of hydrogen-bond acceptors (Lipinski definition) is 6. The Morgan fingerprint density at radius 2 is 1.59 bits per heavy atom. The molecule has 1 aromatic rings. The van der Waals surface area contributed by atoms with Crippen molar-refractivity contribution in [3.8, 4) is 23.0 Å². The first-order valence-electron chi connectivity index (χ1n) is 7.58. The molecular weight excluding hydrogens is 288 g/mol. The number of benzene rings is 1. The first-order chi connectivity index (χ1) is 10.6. The zero-order valence-corrected chi connectivity index (χ0v) is 13.3. The Bertz CT molecular complexity index is 498. The lowest BCUT2D eigenvalue weighted by molar-refractivity contribution is 0.0495. The third kappa shape index (κ3) is 4.44. The Hall–Kier alpha value is -2.11. The third-order valence-electron chi connectivity index (χ3n) is 2.75. The van der Waals surface area contributed by atoms with E-state index in [0.717, 1.165) is 12.8 Å². The van der Waals surface area contributed by atoms with Crippen molar-refractivity contribution < 1.29 is 29.2 Å². The fourth-order valence-corrected chi connectivity index (χ4v) is 1.74. The molecule has 0 aliphatic rings. The summed E-state index contributed by atoms with van der Waals surface area (Å²) in [5.74, 6) is -1.43. The number of esters is 1. The van der Waals surface area contributed by atoms with Gasteiger partial charge in [0, 0.05) is 6.07 Å². The second-order valence-electron chi connectivity index (χ2n) is 4.78. The molecule has 0 bridgehead atoms. The Kier molecular flexibility index (Phi) is 7.36. The molecule has 124 valence electrons. The molecule has 0 saturated carbocycles. The minimum absolute atomic E-state index is 0.103. The summed E-state index contributed by atoms with van der Waals surface area (Å²) in [4.78, 5) is 12.2. The summed E-state index contributed by atoms with van der Waals surface area (Å²) in [5, 5.41) is 19.8. The van der Waals surface area contributed by atoms with Gasteiger partial charge in [-0.1, -0.05) is 20.8 Å². The van der Waals surface area contributed by atoms with Crippen LogP contribution in [-0.4, -0.2) is 36.0 Å². The van der Waals surface area contributed by atoms with Crippen molar-refractivity contribution in [3.63, 3.8) is 0 Å². The van der Waals surface area contributed by atoms with Gasteiger partial charge in [0.1, 0.15) is 0 Å². The van der Waals surface area contributed by atoms with Crippen molar-refractivity contribution in [1.82, 2.24) is 0 Å². The average molecular weight is 312 g/mol. The first kappa shape index (κ1) is 17.9.